The molecule has 28 heavy (non-hydrogen) atoms. The van der Waals surface area contributed by atoms with Gasteiger partial charge in [0.25, 0.3) is 0 Å². The normalized spacial score (nSPS) is 21.0. The van der Waals surface area contributed by atoms with Gasteiger partial charge in [0.1, 0.15) is 0 Å². The highest BCUT2D eigenvalue weighted by molar-refractivity contribution is 7.94. The second-order valence-corrected chi connectivity index (χ2v) is 10.5. The molecule has 0 radical (unpaired) electrons. The van der Waals surface area contributed by atoms with Crippen molar-refractivity contribution in [1.82, 2.24) is 4.31 Å². The SMILES string of the molecule is CCOC(=O)C1CCN(S(=O)(=O)c2ccc(N3C(=O)CCS3(=O)=O)cc2)CC1. The van der Waals surface area contributed by atoms with E-state index in [1.54, 1.807) is 6.92 Å². The Bertz CT molecular complexity index is 963. The number of hydrogen-bond acceptors (Lipinski definition) is 7. The molecule has 154 valence electrons. The van der Waals surface area contributed by atoms with Crippen LogP contribution in [0.5, 0.6) is 0 Å². The number of hydrogen-bond donors (Lipinski definition) is 0. The summed E-state index contributed by atoms with van der Waals surface area (Å²) in [5.74, 6) is -1.39. The number of piperidine rings is 1. The van der Waals surface area contributed by atoms with Gasteiger partial charge < -0.3 is 4.74 Å². The smallest absolute Gasteiger partial charge is 0.309 e. The van der Waals surface area contributed by atoms with Gasteiger partial charge in [0.05, 0.1) is 28.9 Å². The van der Waals surface area contributed by atoms with Crippen LogP contribution in [0.15, 0.2) is 29.2 Å². The van der Waals surface area contributed by atoms with E-state index in [-0.39, 0.29) is 47.7 Å². The summed E-state index contributed by atoms with van der Waals surface area (Å²) in [7, 11) is -7.47. The second kappa shape index (κ2) is 7.80. The third-order valence-corrected chi connectivity index (χ3v) is 8.47. The number of benzene rings is 1. The zero-order valence-electron chi connectivity index (χ0n) is 15.4. The van der Waals surface area contributed by atoms with E-state index in [2.05, 4.69) is 0 Å². The van der Waals surface area contributed by atoms with Crippen molar-refractivity contribution < 1.29 is 31.2 Å². The van der Waals surface area contributed by atoms with Crippen LogP contribution < -0.4 is 4.31 Å². The summed E-state index contributed by atoms with van der Waals surface area (Å²) in [5, 5.41) is 0. The van der Waals surface area contributed by atoms with Gasteiger partial charge in [0.2, 0.25) is 26.0 Å². The molecule has 0 N–H and O–H groups in total. The predicted molar refractivity (Wildman–Crippen MR) is 100 cm³/mol. The highest BCUT2D eigenvalue weighted by Gasteiger charge is 2.37. The lowest BCUT2D eigenvalue weighted by atomic mass is 9.98. The monoisotopic (exact) mass is 430 g/mol. The van der Waals surface area contributed by atoms with E-state index in [9.17, 15) is 26.4 Å². The van der Waals surface area contributed by atoms with E-state index in [1.807, 2.05) is 0 Å². The van der Waals surface area contributed by atoms with Crippen molar-refractivity contribution in [2.45, 2.75) is 31.1 Å². The zero-order chi connectivity index (χ0) is 20.5. The Morgan fingerprint density at radius 3 is 2.29 bits per heavy atom. The molecule has 1 amide bonds. The van der Waals surface area contributed by atoms with E-state index < -0.39 is 26.0 Å². The average molecular weight is 431 g/mol. The summed E-state index contributed by atoms with van der Waals surface area (Å²) < 4.78 is 56.6. The molecule has 0 unspecified atom stereocenters. The number of anilines is 1. The van der Waals surface area contributed by atoms with Crippen LogP contribution in [0.2, 0.25) is 0 Å². The molecule has 0 aromatic heterocycles. The van der Waals surface area contributed by atoms with E-state index in [4.69, 9.17) is 4.74 Å². The average Bonchev–Trinajstić information content (AvgIpc) is 2.94. The second-order valence-electron chi connectivity index (χ2n) is 6.65. The molecule has 2 heterocycles. The van der Waals surface area contributed by atoms with Crippen molar-refractivity contribution in [3.8, 4) is 0 Å². The van der Waals surface area contributed by atoms with Gasteiger partial charge in [-0.1, -0.05) is 0 Å². The van der Waals surface area contributed by atoms with Gasteiger partial charge in [-0.05, 0) is 44.0 Å². The molecule has 11 heteroatoms. The van der Waals surface area contributed by atoms with Gasteiger partial charge in [0.15, 0.2) is 0 Å². The largest absolute Gasteiger partial charge is 0.466 e. The van der Waals surface area contributed by atoms with Gasteiger partial charge in [-0.2, -0.15) is 4.31 Å². The van der Waals surface area contributed by atoms with Crippen LogP contribution in [0.1, 0.15) is 26.2 Å². The number of sulfonamides is 2. The maximum absolute atomic E-state index is 12.8. The first-order chi connectivity index (χ1) is 13.2. The Morgan fingerprint density at radius 1 is 1.18 bits per heavy atom. The van der Waals surface area contributed by atoms with Crippen molar-refractivity contribution >= 4 is 37.6 Å². The molecule has 0 bridgehead atoms. The fourth-order valence-corrected chi connectivity index (χ4v) is 6.29. The Hall–Kier alpha value is -1.98. The quantitative estimate of drug-likeness (QED) is 0.632. The molecule has 0 atom stereocenters. The van der Waals surface area contributed by atoms with Gasteiger partial charge in [-0.15, -0.1) is 0 Å². The van der Waals surface area contributed by atoms with Gasteiger partial charge in [0, 0.05) is 19.5 Å². The number of amides is 1. The van der Waals surface area contributed by atoms with Crippen molar-refractivity contribution in [2.24, 2.45) is 5.92 Å². The molecule has 3 rings (SSSR count). The summed E-state index contributed by atoms with van der Waals surface area (Å²) in [4.78, 5) is 23.6. The molecule has 0 spiro atoms. The Labute approximate surface area is 164 Å². The summed E-state index contributed by atoms with van der Waals surface area (Å²) in [6.07, 6.45) is 0.686. The topological polar surface area (TPSA) is 118 Å². The molecular formula is C17H22N2O7S2. The van der Waals surface area contributed by atoms with E-state index >= 15 is 0 Å². The third kappa shape index (κ3) is 3.91. The first-order valence-electron chi connectivity index (χ1n) is 8.99. The number of ether oxygens (including phenoxy) is 1. The minimum Gasteiger partial charge on any atom is -0.466 e. The van der Waals surface area contributed by atoms with Crippen LogP contribution in [0, 0.1) is 5.92 Å². The highest BCUT2D eigenvalue weighted by atomic mass is 32.2. The van der Waals surface area contributed by atoms with Gasteiger partial charge in [-0.3, -0.25) is 9.59 Å². The molecular weight excluding hydrogens is 408 g/mol. The molecule has 1 aromatic carbocycles. The van der Waals surface area contributed by atoms with E-state index in [0.29, 0.717) is 23.8 Å². The molecule has 0 saturated carbocycles. The van der Waals surface area contributed by atoms with Gasteiger partial charge in [-0.25, -0.2) is 21.1 Å². The molecule has 2 fully saturated rings. The first kappa shape index (κ1) is 20.7. The number of nitrogens with zero attached hydrogens (tertiary/aromatic N) is 2. The molecule has 1 aromatic rings. The van der Waals surface area contributed by atoms with Crippen LogP contribution in [-0.4, -0.2) is 58.5 Å². The van der Waals surface area contributed by atoms with Crippen LogP contribution >= 0.6 is 0 Å². The Balaban J connectivity index is 1.73. The minimum atomic E-state index is -3.78. The minimum absolute atomic E-state index is 0.00915. The Kier molecular flexibility index (Phi) is 5.78. The maximum Gasteiger partial charge on any atom is 0.309 e. The lowest BCUT2D eigenvalue weighted by Gasteiger charge is -2.30. The number of carbonyl (C=O) groups excluding carboxylic acids is 2. The summed E-state index contributed by atoms with van der Waals surface area (Å²) in [6, 6.07) is 5.23. The molecule has 2 saturated heterocycles. The van der Waals surface area contributed by atoms with Crippen molar-refractivity contribution in [1.29, 1.82) is 0 Å². The van der Waals surface area contributed by atoms with Crippen LogP contribution in [0.3, 0.4) is 0 Å². The number of carbonyl (C=O) groups is 2. The van der Waals surface area contributed by atoms with Gasteiger partial charge >= 0.3 is 5.97 Å². The first-order valence-corrected chi connectivity index (χ1v) is 12.0. The van der Waals surface area contributed by atoms with Crippen LogP contribution in [0.25, 0.3) is 0 Å². The zero-order valence-corrected chi connectivity index (χ0v) is 17.0. The number of rotatable bonds is 5. The highest BCUT2D eigenvalue weighted by Crippen LogP contribution is 2.29. The Morgan fingerprint density at radius 2 is 1.79 bits per heavy atom. The fourth-order valence-electron chi connectivity index (χ4n) is 3.36. The van der Waals surface area contributed by atoms with Crippen LogP contribution in [0.4, 0.5) is 5.69 Å². The molecule has 2 aliphatic rings. The fraction of sp³-hybridized carbons (Fsp3) is 0.529. The molecule has 2 aliphatic heterocycles. The molecule has 0 aliphatic carbocycles. The standard InChI is InChI=1S/C17H22N2O7S2/c1-2-26-17(21)13-7-10-18(11-8-13)28(24,25)15-5-3-14(4-6-15)19-16(20)9-12-27(19,22)23/h3-6,13H,2,7-12H2,1H3. The van der Waals surface area contributed by atoms with Crippen molar-refractivity contribution in [2.75, 3.05) is 29.8 Å². The van der Waals surface area contributed by atoms with Crippen molar-refractivity contribution in [3.63, 3.8) is 0 Å². The molecule has 9 nitrogen and oxygen atoms in total. The third-order valence-electron chi connectivity index (χ3n) is 4.86. The maximum atomic E-state index is 12.8. The summed E-state index contributed by atoms with van der Waals surface area (Å²) in [6.45, 7) is 2.42. The number of esters is 1. The lowest BCUT2D eigenvalue weighted by Crippen LogP contribution is -2.40. The summed E-state index contributed by atoms with van der Waals surface area (Å²) >= 11 is 0. The van der Waals surface area contributed by atoms with Crippen LogP contribution in [-0.2, 0) is 34.4 Å². The predicted octanol–water partition coefficient (Wildman–Crippen LogP) is 0.717. The van der Waals surface area contributed by atoms with E-state index in [1.165, 1.54) is 28.6 Å². The lowest BCUT2D eigenvalue weighted by molar-refractivity contribution is -0.149. The summed E-state index contributed by atoms with van der Waals surface area (Å²) in [5.41, 5.74) is 0.127. The van der Waals surface area contributed by atoms with E-state index in [0.717, 1.165) is 0 Å². The van der Waals surface area contributed by atoms with Crippen molar-refractivity contribution in [3.05, 3.63) is 24.3 Å².